The predicted molar refractivity (Wildman–Crippen MR) is 72.7 cm³/mol. The molecular weight excluding hydrogens is 274 g/mol. The molecule has 21 heavy (non-hydrogen) atoms. The molecule has 0 aliphatic carbocycles. The molecule has 0 fully saturated rings. The first-order chi connectivity index (χ1) is 9.99. The zero-order valence-electron chi connectivity index (χ0n) is 11.6. The van der Waals surface area contributed by atoms with Crippen molar-refractivity contribution < 1.29 is 19.2 Å². The van der Waals surface area contributed by atoms with Gasteiger partial charge in [-0.2, -0.15) is 4.98 Å². The average molecular weight is 289 g/mol. The molecule has 2 N–H and O–H groups in total. The average Bonchev–Trinajstić information content (AvgIpc) is 2.98. The number of nitrogens with zero attached hydrogens (tertiary/aromatic N) is 2. The molecule has 0 bridgehead atoms. The maximum absolute atomic E-state index is 12.2. The van der Waals surface area contributed by atoms with Crippen LogP contribution in [0, 0.1) is 5.92 Å². The fourth-order valence-electron chi connectivity index (χ4n) is 1.83. The number of carboxylic acids is 1. The summed E-state index contributed by atoms with van der Waals surface area (Å²) in [6, 6.07) is 5.32. The van der Waals surface area contributed by atoms with E-state index in [-0.39, 0.29) is 23.4 Å². The highest BCUT2D eigenvalue weighted by Gasteiger charge is 2.23. The molecule has 1 amide bonds. The van der Waals surface area contributed by atoms with Gasteiger partial charge in [0.05, 0.1) is 11.6 Å². The zero-order chi connectivity index (χ0) is 15.4. The van der Waals surface area contributed by atoms with E-state index in [4.69, 9.17) is 9.63 Å². The van der Waals surface area contributed by atoms with Crippen molar-refractivity contribution in [2.45, 2.75) is 19.9 Å². The van der Waals surface area contributed by atoms with Crippen molar-refractivity contribution in [3.63, 3.8) is 0 Å². The van der Waals surface area contributed by atoms with Gasteiger partial charge in [-0.15, -0.1) is 0 Å². The van der Waals surface area contributed by atoms with Gasteiger partial charge >= 0.3 is 5.97 Å². The number of hydrogen-bond donors (Lipinski definition) is 2. The highest BCUT2D eigenvalue weighted by molar-refractivity contribution is 5.96. The van der Waals surface area contributed by atoms with Crippen LogP contribution < -0.4 is 5.32 Å². The van der Waals surface area contributed by atoms with Crippen LogP contribution in [0.2, 0.25) is 0 Å². The van der Waals surface area contributed by atoms with Crippen LogP contribution in [0.3, 0.4) is 0 Å². The Balaban J connectivity index is 2.14. The molecule has 1 heterocycles. The van der Waals surface area contributed by atoms with Gasteiger partial charge in [0.1, 0.15) is 0 Å². The van der Waals surface area contributed by atoms with Crippen LogP contribution in [0.4, 0.5) is 0 Å². The topological polar surface area (TPSA) is 105 Å². The van der Waals surface area contributed by atoms with E-state index in [0.717, 1.165) is 0 Å². The second kappa shape index (κ2) is 6.17. The van der Waals surface area contributed by atoms with Crippen molar-refractivity contribution in [3.05, 3.63) is 47.6 Å². The van der Waals surface area contributed by atoms with Crippen LogP contribution in [0.15, 0.2) is 35.2 Å². The quantitative estimate of drug-likeness (QED) is 0.870. The molecule has 2 aromatic rings. The number of hydrogen-bond acceptors (Lipinski definition) is 5. The first kappa shape index (κ1) is 14.7. The molecule has 1 aromatic carbocycles. The van der Waals surface area contributed by atoms with E-state index < -0.39 is 5.97 Å². The fraction of sp³-hybridized carbons (Fsp3) is 0.286. The van der Waals surface area contributed by atoms with Gasteiger partial charge < -0.3 is 14.9 Å². The van der Waals surface area contributed by atoms with Crippen molar-refractivity contribution in [1.29, 1.82) is 0 Å². The Morgan fingerprint density at radius 2 is 1.81 bits per heavy atom. The summed E-state index contributed by atoms with van der Waals surface area (Å²) in [5.41, 5.74) is 0.499. The van der Waals surface area contributed by atoms with E-state index >= 15 is 0 Å². The molecule has 0 aliphatic rings. The van der Waals surface area contributed by atoms with E-state index in [1.54, 1.807) is 0 Å². The number of amides is 1. The van der Waals surface area contributed by atoms with Gasteiger partial charge in [-0.1, -0.05) is 19.0 Å². The smallest absolute Gasteiger partial charge is 0.335 e. The minimum Gasteiger partial charge on any atom is -0.478 e. The van der Waals surface area contributed by atoms with E-state index in [0.29, 0.717) is 11.4 Å². The number of benzene rings is 1. The van der Waals surface area contributed by atoms with Crippen molar-refractivity contribution in [2.24, 2.45) is 5.92 Å². The number of carbonyl (C=O) groups is 2. The molecule has 0 saturated heterocycles. The number of carbonyl (C=O) groups excluding carboxylic acids is 1. The molecule has 7 heteroatoms. The lowest BCUT2D eigenvalue weighted by Gasteiger charge is -2.18. The van der Waals surface area contributed by atoms with Gasteiger partial charge in [-0.05, 0) is 30.2 Å². The second-order valence-electron chi connectivity index (χ2n) is 4.87. The summed E-state index contributed by atoms with van der Waals surface area (Å²) in [6.07, 6.45) is 1.21. The molecule has 7 nitrogen and oxygen atoms in total. The Morgan fingerprint density at radius 1 is 1.19 bits per heavy atom. The molecule has 1 aromatic heterocycles. The second-order valence-corrected chi connectivity index (χ2v) is 4.87. The minimum absolute atomic E-state index is 0.0739. The Bertz CT molecular complexity index is 620. The van der Waals surface area contributed by atoms with E-state index in [2.05, 4.69) is 15.5 Å². The summed E-state index contributed by atoms with van der Waals surface area (Å²) in [4.78, 5) is 26.9. The zero-order valence-corrected chi connectivity index (χ0v) is 11.6. The van der Waals surface area contributed by atoms with Crippen LogP contribution in [0.1, 0.15) is 46.4 Å². The minimum atomic E-state index is -1.03. The Kier molecular flexibility index (Phi) is 4.32. The third kappa shape index (κ3) is 3.44. The first-order valence-corrected chi connectivity index (χ1v) is 6.39. The summed E-state index contributed by atoms with van der Waals surface area (Å²) in [5, 5.41) is 15.4. The predicted octanol–water partition coefficient (Wildman–Crippen LogP) is 1.89. The molecule has 0 spiro atoms. The largest absolute Gasteiger partial charge is 0.478 e. The van der Waals surface area contributed by atoms with Gasteiger partial charge in [0.2, 0.25) is 6.39 Å². The Morgan fingerprint density at radius 3 is 2.29 bits per heavy atom. The normalized spacial score (nSPS) is 12.1. The van der Waals surface area contributed by atoms with Crippen LogP contribution in [0.25, 0.3) is 0 Å². The molecule has 0 aliphatic heterocycles. The van der Waals surface area contributed by atoms with Crippen molar-refractivity contribution in [1.82, 2.24) is 15.5 Å². The van der Waals surface area contributed by atoms with Crippen LogP contribution in [-0.2, 0) is 0 Å². The van der Waals surface area contributed by atoms with E-state index in [9.17, 15) is 9.59 Å². The summed E-state index contributed by atoms with van der Waals surface area (Å²) in [5.74, 6) is -0.880. The number of aromatic carboxylic acids is 1. The van der Waals surface area contributed by atoms with Crippen molar-refractivity contribution >= 4 is 11.9 Å². The van der Waals surface area contributed by atoms with Gasteiger partial charge in [0.15, 0.2) is 5.82 Å². The lowest BCUT2D eigenvalue weighted by atomic mass is 10.0. The van der Waals surface area contributed by atoms with Crippen LogP contribution in [0.5, 0.6) is 0 Å². The van der Waals surface area contributed by atoms with Crippen LogP contribution in [-0.4, -0.2) is 27.1 Å². The number of rotatable bonds is 5. The van der Waals surface area contributed by atoms with Gasteiger partial charge in [-0.3, -0.25) is 4.79 Å². The standard InChI is InChI=1S/C14H15N3O4/c1-8(2)11(12-15-7-21-17-12)16-13(18)9-3-5-10(6-4-9)14(19)20/h3-8,11H,1-2H3,(H,16,18)(H,19,20). The summed E-state index contributed by atoms with van der Waals surface area (Å²) in [7, 11) is 0. The Labute approximate surface area is 121 Å². The van der Waals surface area contributed by atoms with E-state index in [1.807, 2.05) is 13.8 Å². The summed E-state index contributed by atoms with van der Waals surface area (Å²) in [6.45, 7) is 3.85. The van der Waals surface area contributed by atoms with Gasteiger partial charge in [0.25, 0.3) is 5.91 Å². The first-order valence-electron chi connectivity index (χ1n) is 6.39. The van der Waals surface area contributed by atoms with Crippen molar-refractivity contribution in [3.8, 4) is 0 Å². The molecule has 110 valence electrons. The lowest BCUT2D eigenvalue weighted by Crippen LogP contribution is -2.32. The number of carboxylic acid groups (broad SMARTS) is 1. The fourth-order valence-corrected chi connectivity index (χ4v) is 1.83. The highest BCUT2D eigenvalue weighted by Crippen LogP contribution is 2.18. The summed E-state index contributed by atoms with van der Waals surface area (Å²) < 4.78 is 4.70. The highest BCUT2D eigenvalue weighted by atomic mass is 16.5. The van der Waals surface area contributed by atoms with Crippen LogP contribution >= 0.6 is 0 Å². The molecule has 0 saturated carbocycles. The molecule has 1 atom stereocenters. The maximum Gasteiger partial charge on any atom is 0.335 e. The third-order valence-electron chi connectivity index (χ3n) is 3.00. The molecule has 0 radical (unpaired) electrons. The SMILES string of the molecule is CC(C)C(NC(=O)c1ccc(C(=O)O)cc1)c1ncon1. The van der Waals surface area contributed by atoms with Gasteiger partial charge in [-0.25, -0.2) is 4.79 Å². The molecule has 1 unspecified atom stereocenters. The molecule has 2 rings (SSSR count). The van der Waals surface area contributed by atoms with Gasteiger partial charge in [0, 0.05) is 5.56 Å². The van der Waals surface area contributed by atoms with E-state index in [1.165, 1.54) is 30.7 Å². The molecular formula is C14H15N3O4. The third-order valence-corrected chi connectivity index (χ3v) is 3.00. The lowest BCUT2D eigenvalue weighted by molar-refractivity contribution is 0.0696. The monoisotopic (exact) mass is 289 g/mol. The summed E-state index contributed by atoms with van der Waals surface area (Å²) >= 11 is 0. The van der Waals surface area contributed by atoms with Crippen molar-refractivity contribution in [2.75, 3.05) is 0 Å². The maximum atomic E-state index is 12.2. The number of aromatic nitrogens is 2. The number of nitrogens with one attached hydrogen (secondary N) is 1. The Hall–Kier alpha value is -2.70.